The number of allylic oxidation sites excluding steroid dienone is 2. The fourth-order valence-electron chi connectivity index (χ4n) is 3.88. The minimum atomic E-state index is -0.671. The van der Waals surface area contributed by atoms with Crippen molar-refractivity contribution < 1.29 is 15.0 Å². The lowest BCUT2D eigenvalue weighted by Gasteiger charge is -2.22. The molecule has 0 fully saturated rings. The molecular formula is C27H53NO3. The molecule has 0 aliphatic rings. The predicted molar refractivity (Wildman–Crippen MR) is 133 cm³/mol. The molecule has 0 aliphatic carbocycles. The third-order valence-electron chi connectivity index (χ3n) is 6.03. The lowest BCUT2D eigenvalue weighted by molar-refractivity contribution is -0.123. The van der Waals surface area contributed by atoms with Gasteiger partial charge in [0.2, 0.25) is 5.91 Å². The molecule has 184 valence electrons. The summed E-state index contributed by atoms with van der Waals surface area (Å²) in [6, 6.07) is -0.541. The second kappa shape index (κ2) is 23.8. The van der Waals surface area contributed by atoms with E-state index in [-0.39, 0.29) is 12.5 Å². The van der Waals surface area contributed by atoms with E-state index in [1.807, 2.05) is 0 Å². The van der Waals surface area contributed by atoms with Gasteiger partial charge in [-0.1, -0.05) is 103 Å². The lowest BCUT2D eigenvalue weighted by Crippen LogP contribution is -2.45. The Labute approximate surface area is 193 Å². The van der Waals surface area contributed by atoms with E-state index >= 15 is 0 Å². The first-order valence-electron chi connectivity index (χ1n) is 13.4. The van der Waals surface area contributed by atoms with Crippen LogP contribution in [-0.4, -0.2) is 34.9 Å². The van der Waals surface area contributed by atoms with Gasteiger partial charge in [-0.15, -0.1) is 0 Å². The molecule has 0 spiro atoms. The van der Waals surface area contributed by atoms with Crippen molar-refractivity contribution in [1.29, 1.82) is 0 Å². The van der Waals surface area contributed by atoms with E-state index in [2.05, 4.69) is 31.3 Å². The molecule has 31 heavy (non-hydrogen) atoms. The summed E-state index contributed by atoms with van der Waals surface area (Å²) in [5.74, 6) is -0.0516. The van der Waals surface area contributed by atoms with Crippen molar-refractivity contribution in [3.8, 4) is 0 Å². The molecule has 0 saturated carbocycles. The Morgan fingerprint density at radius 1 is 0.742 bits per heavy atom. The van der Waals surface area contributed by atoms with Crippen molar-refractivity contribution in [2.75, 3.05) is 6.61 Å². The van der Waals surface area contributed by atoms with E-state index in [1.54, 1.807) is 0 Å². The highest BCUT2D eigenvalue weighted by Gasteiger charge is 2.19. The molecule has 0 radical (unpaired) electrons. The molecule has 0 aromatic heterocycles. The highest BCUT2D eigenvalue weighted by Crippen LogP contribution is 2.11. The molecule has 4 heteroatoms. The van der Waals surface area contributed by atoms with Gasteiger partial charge in [-0.2, -0.15) is 0 Å². The van der Waals surface area contributed by atoms with E-state index in [9.17, 15) is 15.0 Å². The molecule has 0 aromatic carbocycles. The van der Waals surface area contributed by atoms with Crippen molar-refractivity contribution in [2.45, 2.75) is 148 Å². The van der Waals surface area contributed by atoms with E-state index in [4.69, 9.17) is 0 Å². The number of rotatable bonds is 23. The number of aliphatic hydroxyl groups is 2. The van der Waals surface area contributed by atoms with Crippen LogP contribution >= 0.6 is 0 Å². The normalized spacial score (nSPS) is 13.5. The summed E-state index contributed by atoms with van der Waals surface area (Å²) < 4.78 is 0. The zero-order chi connectivity index (χ0) is 23.0. The van der Waals surface area contributed by atoms with Crippen LogP contribution in [0, 0.1) is 0 Å². The highest BCUT2D eigenvalue weighted by atomic mass is 16.3. The lowest BCUT2D eigenvalue weighted by atomic mass is 10.0. The average molecular weight is 440 g/mol. The molecule has 0 saturated heterocycles. The van der Waals surface area contributed by atoms with Gasteiger partial charge in [0.1, 0.15) is 0 Å². The Morgan fingerprint density at radius 3 is 1.77 bits per heavy atom. The van der Waals surface area contributed by atoms with Crippen LogP contribution in [0.4, 0.5) is 0 Å². The summed E-state index contributed by atoms with van der Waals surface area (Å²) in [5, 5.41) is 22.7. The predicted octanol–water partition coefficient (Wildman–Crippen LogP) is 6.83. The zero-order valence-corrected chi connectivity index (χ0v) is 20.8. The van der Waals surface area contributed by atoms with Gasteiger partial charge in [0.15, 0.2) is 0 Å². The van der Waals surface area contributed by atoms with Crippen LogP contribution in [0.15, 0.2) is 12.2 Å². The average Bonchev–Trinajstić information content (AvgIpc) is 2.77. The number of hydrogen-bond donors (Lipinski definition) is 3. The Balaban J connectivity index is 3.69. The molecule has 2 atom stereocenters. The van der Waals surface area contributed by atoms with Gasteiger partial charge < -0.3 is 15.5 Å². The maximum absolute atomic E-state index is 12.1. The summed E-state index contributed by atoms with van der Waals surface area (Å²) in [7, 11) is 0. The van der Waals surface area contributed by atoms with E-state index < -0.39 is 12.1 Å². The Morgan fingerprint density at radius 2 is 1.23 bits per heavy atom. The molecule has 0 heterocycles. The molecule has 0 aromatic rings. The Kier molecular flexibility index (Phi) is 23.1. The first kappa shape index (κ1) is 30.1. The summed E-state index contributed by atoms with van der Waals surface area (Å²) in [5.41, 5.74) is 0. The first-order chi connectivity index (χ1) is 15.2. The molecular weight excluding hydrogens is 386 g/mol. The van der Waals surface area contributed by atoms with Crippen molar-refractivity contribution in [1.82, 2.24) is 5.32 Å². The number of nitrogens with one attached hydrogen (secondary N) is 1. The van der Waals surface area contributed by atoms with E-state index in [1.165, 1.54) is 77.0 Å². The summed E-state index contributed by atoms with van der Waals surface area (Å²) >= 11 is 0. The van der Waals surface area contributed by atoms with Gasteiger partial charge >= 0.3 is 0 Å². The Hall–Kier alpha value is -0.870. The maximum Gasteiger partial charge on any atom is 0.220 e. The van der Waals surface area contributed by atoms with Gasteiger partial charge in [0.05, 0.1) is 18.8 Å². The number of unbranched alkanes of at least 4 members (excludes halogenated alkanes) is 14. The second-order valence-corrected chi connectivity index (χ2v) is 9.11. The number of amides is 1. The zero-order valence-electron chi connectivity index (χ0n) is 20.8. The van der Waals surface area contributed by atoms with Crippen LogP contribution in [-0.2, 0) is 4.79 Å². The SMILES string of the molecule is CCCCCCCC/C=C/CCCC[C@@H](O)[C@H](CO)NC(=O)CCCCCCCCC. The van der Waals surface area contributed by atoms with Crippen LogP contribution < -0.4 is 5.32 Å². The molecule has 0 aliphatic heterocycles. The molecule has 0 unspecified atom stereocenters. The fraction of sp³-hybridized carbons (Fsp3) is 0.889. The summed E-state index contributed by atoms with van der Waals surface area (Å²) in [6.07, 6.45) is 25.4. The van der Waals surface area contributed by atoms with Gasteiger partial charge in [0, 0.05) is 6.42 Å². The van der Waals surface area contributed by atoms with E-state index in [0.717, 1.165) is 32.1 Å². The monoisotopic (exact) mass is 439 g/mol. The van der Waals surface area contributed by atoms with Crippen LogP contribution in [0.25, 0.3) is 0 Å². The van der Waals surface area contributed by atoms with Gasteiger partial charge in [-0.25, -0.2) is 0 Å². The third kappa shape index (κ3) is 20.8. The topological polar surface area (TPSA) is 69.6 Å². The molecule has 3 N–H and O–H groups in total. The third-order valence-corrected chi connectivity index (χ3v) is 6.03. The molecule has 1 amide bonds. The van der Waals surface area contributed by atoms with Gasteiger partial charge in [-0.3, -0.25) is 4.79 Å². The summed E-state index contributed by atoms with van der Waals surface area (Å²) in [6.45, 7) is 4.26. The number of carbonyl (C=O) groups is 1. The van der Waals surface area contributed by atoms with Crippen molar-refractivity contribution in [3.63, 3.8) is 0 Å². The van der Waals surface area contributed by atoms with E-state index in [0.29, 0.717) is 12.8 Å². The smallest absolute Gasteiger partial charge is 0.220 e. The molecule has 4 nitrogen and oxygen atoms in total. The number of carbonyl (C=O) groups excluding carboxylic acids is 1. The minimum Gasteiger partial charge on any atom is -0.394 e. The number of hydrogen-bond acceptors (Lipinski definition) is 3. The van der Waals surface area contributed by atoms with Crippen LogP contribution in [0.1, 0.15) is 136 Å². The van der Waals surface area contributed by atoms with Crippen LogP contribution in [0.3, 0.4) is 0 Å². The minimum absolute atomic E-state index is 0.0516. The standard InChI is InChI=1S/C27H53NO3/c1-3-5-7-9-11-12-13-14-15-17-18-20-22-26(30)25(24-29)28-27(31)23-21-19-16-10-8-6-4-2/h14-15,25-26,29-30H,3-13,16-24H2,1-2H3,(H,28,31)/b15-14+/t25-,26+/m0/s1. The maximum atomic E-state index is 12.1. The van der Waals surface area contributed by atoms with Gasteiger partial charge in [0.25, 0.3) is 0 Å². The second-order valence-electron chi connectivity index (χ2n) is 9.11. The fourth-order valence-corrected chi connectivity index (χ4v) is 3.88. The number of aliphatic hydroxyl groups excluding tert-OH is 2. The van der Waals surface area contributed by atoms with Crippen molar-refractivity contribution in [2.24, 2.45) is 0 Å². The van der Waals surface area contributed by atoms with Crippen LogP contribution in [0.2, 0.25) is 0 Å². The van der Waals surface area contributed by atoms with Crippen molar-refractivity contribution in [3.05, 3.63) is 12.2 Å². The quantitative estimate of drug-likeness (QED) is 0.121. The van der Waals surface area contributed by atoms with Crippen molar-refractivity contribution >= 4 is 5.91 Å². The Bertz CT molecular complexity index is 411. The molecule has 0 rings (SSSR count). The largest absolute Gasteiger partial charge is 0.394 e. The van der Waals surface area contributed by atoms with Gasteiger partial charge in [-0.05, 0) is 38.5 Å². The van der Waals surface area contributed by atoms with Crippen LogP contribution in [0.5, 0.6) is 0 Å². The first-order valence-corrected chi connectivity index (χ1v) is 13.4. The molecule has 0 bridgehead atoms. The summed E-state index contributed by atoms with van der Waals surface area (Å²) in [4.78, 5) is 12.1. The highest BCUT2D eigenvalue weighted by molar-refractivity contribution is 5.76.